The Balaban J connectivity index is 2.58. The monoisotopic (exact) mass is 315 g/mol. The lowest BCUT2D eigenvalue weighted by Crippen LogP contribution is -1.99. The highest BCUT2D eigenvalue weighted by atomic mass is 79.9. The second-order valence-electron chi connectivity index (χ2n) is 2.80. The second kappa shape index (κ2) is 3.82. The van der Waals surface area contributed by atoms with E-state index >= 15 is 0 Å². The van der Waals surface area contributed by atoms with Crippen LogP contribution in [0.25, 0.3) is 5.82 Å². The van der Waals surface area contributed by atoms with E-state index in [1.54, 1.807) is 12.4 Å². The maximum atomic E-state index is 4.31. The standard InChI is InChI=1S/C9H7Br2N3/c1-6-12-2-3-14(6)9-8(11)4-7(10)5-13-9/h2-5H,1H3. The van der Waals surface area contributed by atoms with Crippen LogP contribution in [0, 0.1) is 6.92 Å². The zero-order chi connectivity index (χ0) is 10.1. The Morgan fingerprint density at radius 1 is 1.29 bits per heavy atom. The van der Waals surface area contributed by atoms with Gasteiger partial charge in [0.25, 0.3) is 0 Å². The van der Waals surface area contributed by atoms with E-state index in [0.29, 0.717) is 0 Å². The van der Waals surface area contributed by atoms with Gasteiger partial charge in [0.1, 0.15) is 5.82 Å². The molecule has 0 spiro atoms. The SMILES string of the molecule is Cc1nccn1-c1ncc(Br)cc1Br. The molecule has 0 saturated carbocycles. The highest BCUT2D eigenvalue weighted by Gasteiger charge is 2.06. The first-order chi connectivity index (χ1) is 6.68. The third-order valence-corrected chi connectivity index (χ3v) is 2.86. The largest absolute Gasteiger partial charge is 0.287 e. The molecule has 0 aliphatic rings. The summed E-state index contributed by atoms with van der Waals surface area (Å²) in [6.45, 7) is 1.94. The molecule has 0 fully saturated rings. The van der Waals surface area contributed by atoms with Crippen LogP contribution in [0.1, 0.15) is 5.82 Å². The number of halogens is 2. The number of imidazole rings is 1. The van der Waals surface area contributed by atoms with E-state index in [4.69, 9.17) is 0 Å². The van der Waals surface area contributed by atoms with Gasteiger partial charge in [-0.25, -0.2) is 9.97 Å². The molecule has 0 aromatic carbocycles. The highest BCUT2D eigenvalue weighted by Crippen LogP contribution is 2.23. The summed E-state index contributed by atoms with van der Waals surface area (Å²) >= 11 is 6.82. The van der Waals surface area contributed by atoms with Gasteiger partial charge < -0.3 is 0 Å². The van der Waals surface area contributed by atoms with E-state index in [1.807, 2.05) is 23.8 Å². The van der Waals surface area contributed by atoms with Gasteiger partial charge in [0, 0.05) is 23.1 Å². The molecule has 0 amide bonds. The summed E-state index contributed by atoms with van der Waals surface area (Å²) in [5, 5.41) is 0. The van der Waals surface area contributed by atoms with E-state index in [0.717, 1.165) is 20.6 Å². The van der Waals surface area contributed by atoms with Crippen LogP contribution in [-0.4, -0.2) is 14.5 Å². The fraction of sp³-hybridized carbons (Fsp3) is 0.111. The molecule has 2 aromatic heterocycles. The first-order valence-electron chi connectivity index (χ1n) is 4.00. The molecular weight excluding hydrogens is 310 g/mol. The molecule has 14 heavy (non-hydrogen) atoms. The summed E-state index contributed by atoms with van der Waals surface area (Å²) < 4.78 is 3.81. The van der Waals surface area contributed by atoms with Crippen molar-refractivity contribution in [2.45, 2.75) is 6.92 Å². The average molecular weight is 317 g/mol. The predicted octanol–water partition coefficient (Wildman–Crippen LogP) is 3.10. The van der Waals surface area contributed by atoms with Crippen LogP contribution in [0.5, 0.6) is 0 Å². The summed E-state index contributed by atoms with van der Waals surface area (Å²) in [7, 11) is 0. The number of hydrogen-bond donors (Lipinski definition) is 0. The lowest BCUT2D eigenvalue weighted by Gasteiger charge is -2.06. The van der Waals surface area contributed by atoms with Crippen molar-refractivity contribution < 1.29 is 0 Å². The third kappa shape index (κ3) is 1.74. The minimum Gasteiger partial charge on any atom is -0.287 e. The minimum atomic E-state index is 0.850. The van der Waals surface area contributed by atoms with Gasteiger partial charge in [-0.3, -0.25) is 4.57 Å². The van der Waals surface area contributed by atoms with Crippen molar-refractivity contribution in [1.29, 1.82) is 0 Å². The number of hydrogen-bond acceptors (Lipinski definition) is 2. The Hall–Kier alpha value is -0.680. The summed E-state index contributed by atoms with van der Waals surface area (Å²) in [6.07, 6.45) is 5.40. The molecule has 2 aromatic rings. The predicted molar refractivity (Wildman–Crippen MR) is 61.5 cm³/mol. The molecule has 0 radical (unpaired) electrons. The zero-order valence-electron chi connectivity index (χ0n) is 7.41. The minimum absolute atomic E-state index is 0.850. The topological polar surface area (TPSA) is 30.7 Å². The van der Waals surface area contributed by atoms with Crippen LogP contribution < -0.4 is 0 Å². The van der Waals surface area contributed by atoms with E-state index < -0.39 is 0 Å². The Bertz CT molecular complexity index is 465. The van der Waals surface area contributed by atoms with Gasteiger partial charge >= 0.3 is 0 Å². The molecular formula is C9H7Br2N3. The second-order valence-corrected chi connectivity index (χ2v) is 4.57. The summed E-state index contributed by atoms with van der Waals surface area (Å²) in [4.78, 5) is 8.46. The Labute approximate surface area is 98.4 Å². The smallest absolute Gasteiger partial charge is 0.152 e. The molecule has 5 heteroatoms. The maximum absolute atomic E-state index is 4.31. The van der Waals surface area contributed by atoms with Crippen molar-refractivity contribution in [2.24, 2.45) is 0 Å². The first-order valence-corrected chi connectivity index (χ1v) is 5.58. The fourth-order valence-corrected chi connectivity index (χ4v) is 2.36. The molecule has 0 aliphatic heterocycles. The van der Waals surface area contributed by atoms with Crippen LogP contribution in [0.2, 0.25) is 0 Å². The van der Waals surface area contributed by atoms with Crippen LogP contribution >= 0.6 is 31.9 Å². The van der Waals surface area contributed by atoms with Crippen molar-refractivity contribution in [2.75, 3.05) is 0 Å². The van der Waals surface area contributed by atoms with Crippen molar-refractivity contribution >= 4 is 31.9 Å². The molecule has 2 heterocycles. The normalized spacial score (nSPS) is 10.5. The van der Waals surface area contributed by atoms with E-state index in [2.05, 4.69) is 41.8 Å². The molecule has 3 nitrogen and oxygen atoms in total. The number of rotatable bonds is 1. The Kier molecular flexibility index (Phi) is 2.69. The number of nitrogens with zero attached hydrogens (tertiary/aromatic N) is 3. The highest BCUT2D eigenvalue weighted by molar-refractivity contribution is 9.11. The molecule has 0 unspecified atom stereocenters. The van der Waals surface area contributed by atoms with Crippen molar-refractivity contribution in [1.82, 2.24) is 14.5 Å². The Morgan fingerprint density at radius 3 is 2.64 bits per heavy atom. The summed E-state index contributed by atoms with van der Waals surface area (Å²) in [5.41, 5.74) is 0. The zero-order valence-corrected chi connectivity index (χ0v) is 10.6. The van der Waals surface area contributed by atoms with Gasteiger partial charge in [0.05, 0.1) is 4.47 Å². The van der Waals surface area contributed by atoms with E-state index in [1.165, 1.54) is 0 Å². The fourth-order valence-electron chi connectivity index (χ4n) is 1.19. The number of pyridine rings is 1. The number of aryl methyl sites for hydroxylation is 1. The van der Waals surface area contributed by atoms with Gasteiger partial charge in [0.15, 0.2) is 5.82 Å². The summed E-state index contributed by atoms with van der Waals surface area (Å²) in [6, 6.07) is 1.96. The summed E-state index contributed by atoms with van der Waals surface area (Å²) in [5.74, 6) is 1.77. The molecule has 2 rings (SSSR count). The van der Waals surface area contributed by atoms with Crippen LogP contribution in [0.3, 0.4) is 0 Å². The quantitative estimate of drug-likeness (QED) is 0.809. The van der Waals surface area contributed by atoms with Gasteiger partial charge in [0.2, 0.25) is 0 Å². The molecule has 72 valence electrons. The lowest BCUT2D eigenvalue weighted by atomic mass is 10.4. The van der Waals surface area contributed by atoms with Gasteiger partial charge in [-0.15, -0.1) is 0 Å². The first kappa shape index (κ1) is 9.86. The van der Waals surface area contributed by atoms with Gasteiger partial charge in [-0.1, -0.05) is 0 Å². The Morgan fingerprint density at radius 2 is 2.07 bits per heavy atom. The maximum Gasteiger partial charge on any atom is 0.152 e. The van der Waals surface area contributed by atoms with Crippen LogP contribution in [0.4, 0.5) is 0 Å². The average Bonchev–Trinajstić information content (AvgIpc) is 2.52. The van der Waals surface area contributed by atoms with Crippen LogP contribution in [-0.2, 0) is 0 Å². The third-order valence-electron chi connectivity index (χ3n) is 1.84. The van der Waals surface area contributed by atoms with Crippen molar-refractivity contribution in [3.8, 4) is 5.82 Å². The van der Waals surface area contributed by atoms with E-state index in [-0.39, 0.29) is 0 Å². The molecule has 0 saturated heterocycles. The molecule has 0 N–H and O–H groups in total. The lowest BCUT2D eigenvalue weighted by molar-refractivity contribution is 0.924. The molecule has 0 aliphatic carbocycles. The van der Waals surface area contributed by atoms with Crippen molar-refractivity contribution in [3.63, 3.8) is 0 Å². The van der Waals surface area contributed by atoms with Gasteiger partial charge in [-0.05, 0) is 44.8 Å². The van der Waals surface area contributed by atoms with E-state index in [9.17, 15) is 0 Å². The van der Waals surface area contributed by atoms with Crippen molar-refractivity contribution in [3.05, 3.63) is 39.4 Å². The number of aromatic nitrogens is 3. The molecule has 0 atom stereocenters. The molecule has 0 bridgehead atoms. The van der Waals surface area contributed by atoms with Crippen LogP contribution in [0.15, 0.2) is 33.6 Å². The van der Waals surface area contributed by atoms with Gasteiger partial charge in [-0.2, -0.15) is 0 Å².